The van der Waals surface area contributed by atoms with Gasteiger partial charge in [0.15, 0.2) is 5.03 Å². The maximum Gasteiger partial charge on any atom is 0.259 e. The second kappa shape index (κ2) is 2.87. The lowest BCUT2D eigenvalue weighted by atomic mass is 10.7. The second-order valence-electron chi connectivity index (χ2n) is 2.44. The van der Waals surface area contributed by atoms with E-state index in [4.69, 9.17) is 0 Å². The van der Waals surface area contributed by atoms with Gasteiger partial charge in [0, 0.05) is 13.2 Å². The third-order valence-electron chi connectivity index (χ3n) is 1.63. The molecule has 0 aliphatic rings. The van der Waals surface area contributed by atoms with Gasteiger partial charge in [0.2, 0.25) is 0 Å². The van der Waals surface area contributed by atoms with Crippen LogP contribution < -0.4 is 4.72 Å². The molecule has 0 bridgehead atoms. The molecule has 1 heterocycles. The average Bonchev–Trinajstić information content (AvgIpc) is 2.33. The SMILES string of the molecule is CNS(=O)(=O)c1cn(C)c(C)n1. The molecule has 0 aliphatic carbocycles. The molecule has 0 spiro atoms. The highest BCUT2D eigenvalue weighted by molar-refractivity contribution is 7.89. The number of imidazole rings is 1. The Bertz CT molecular complexity index is 360. The Labute approximate surface area is 71.5 Å². The van der Waals surface area contributed by atoms with E-state index in [1.807, 2.05) is 0 Å². The Balaban J connectivity index is 3.22. The molecule has 12 heavy (non-hydrogen) atoms. The average molecular weight is 189 g/mol. The lowest BCUT2D eigenvalue weighted by molar-refractivity contribution is 0.585. The third kappa shape index (κ3) is 1.49. The molecule has 5 nitrogen and oxygen atoms in total. The van der Waals surface area contributed by atoms with Crippen molar-refractivity contribution >= 4 is 10.0 Å². The fourth-order valence-electron chi connectivity index (χ4n) is 0.760. The van der Waals surface area contributed by atoms with Crippen LogP contribution in [0.25, 0.3) is 0 Å². The molecule has 0 unspecified atom stereocenters. The molecule has 0 aliphatic heterocycles. The summed E-state index contributed by atoms with van der Waals surface area (Å²) in [5.41, 5.74) is 0. The fraction of sp³-hybridized carbons (Fsp3) is 0.500. The zero-order valence-electron chi connectivity index (χ0n) is 7.20. The zero-order chi connectivity index (χ0) is 9.35. The van der Waals surface area contributed by atoms with E-state index in [-0.39, 0.29) is 5.03 Å². The molecule has 0 saturated heterocycles. The summed E-state index contributed by atoms with van der Waals surface area (Å²) in [5.74, 6) is 0.670. The summed E-state index contributed by atoms with van der Waals surface area (Å²) in [6.07, 6.45) is 1.47. The molecule has 0 atom stereocenters. The largest absolute Gasteiger partial charge is 0.337 e. The topological polar surface area (TPSA) is 64.0 Å². The van der Waals surface area contributed by atoms with Crippen LogP contribution in [0.5, 0.6) is 0 Å². The molecule has 1 N–H and O–H groups in total. The van der Waals surface area contributed by atoms with E-state index in [0.717, 1.165) is 0 Å². The molecule has 6 heteroatoms. The summed E-state index contributed by atoms with van der Waals surface area (Å²) < 4.78 is 26.2. The standard InChI is InChI=1S/C6H11N3O2S/c1-5-8-6(4-9(5)3)12(10,11)7-2/h4,7H,1-3H3. The van der Waals surface area contributed by atoms with Gasteiger partial charge in [-0.25, -0.2) is 18.1 Å². The van der Waals surface area contributed by atoms with Crippen LogP contribution in [0.15, 0.2) is 11.2 Å². The number of aryl methyl sites for hydroxylation is 2. The maximum absolute atomic E-state index is 11.2. The summed E-state index contributed by atoms with van der Waals surface area (Å²) in [6, 6.07) is 0. The van der Waals surface area contributed by atoms with Gasteiger partial charge < -0.3 is 4.57 Å². The van der Waals surface area contributed by atoms with Crippen LogP contribution in [-0.4, -0.2) is 25.0 Å². The Morgan fingerprint density at radius 2 is 2.17 bits per heavy atom. The van der Waals surface area contributed by atoms with Gasteiger partial charge in [-0.1, -0.05) is 0 Å². The normalized spacial score (nSPS) is 11.9. The first-order chi connectivity index (χ1) is 5.47. The first-order valence-electron chi connectivity index (χ1n) is 3.41. The van der Waals surface area contributed by atoms with E-state index in [0.29, 0.717) is 5.82 Å². The maximum atomic E-state index is 11.2. The van der Waals surface area contributed by atoms with Crippen molar-refractivity contribution in [3.63, 3.8) is 0 Å². The Hall–Kier alpha value is -0.880. The van der Waals surface area contributed by atoms with Crippen LogP contribution in [0.3, 0.4) is 0 Å². The quantitative estimate of drug-likeness (QED) is 0.690. The Morgan fingerprint density at radius 1 is 1.58 bits per heavy atom. The minimum absolute atomic E-state index is 0.0602. The lowest BCUT2D eigenvalue weighted by Crippen LogP contribution is -2.18. The van der Waals surface area contributed by atoms with Gasteiger partial charge in [0.1, 0.15) is 5.82 Å². The molecule has 0 fully saturated rings. The van der Waals surface area contributed by atoms with Crippen molar-refractivity contribution in [1.29, 1.82) is 0 Å². The number of nitrogens with zero attached hydrogens (tertiary/aromatic N) is 2. The minimum Gasteiger partial charge on any atom is -0.337 e. The molecule has 1 aromatic rings. The van der Waals surface area contributed by atoms with Crippen LogP contribution in [0.1, 0.15) is 5.82 Å². The van der Waals surface area contributed by atoms with Crippen molar-refractivity contribution in [2.75, 3.05) is 7.05 Å². The molecular formula is C6H11N3O2S. The number of hydrogen-bond acceptors (Lipinski definition) is 3. The van der Waals surface area contributed by atoms with Crippen molar-refractivity contribution in [3.8, 4) is 0 Å². The van der Waals surface area contributed by atoms with Gasteiger partial charge >= 0.3 is 0 Å². The van der Waals surface area contributed by atoms with E-state index in [1.165, 1.54) is 13.2 Å². The van der Waals surface area contributed by atoms with Crippen LogP contribution in [-0.2, 0) is 17.1 Å². The van der Waals surface area contributed by atoms with Gasteiger partial charge in [-0.3, -0.25) is 0 Å². The molecule has 0 saturated carbocycles. The summed E-state index contributed by atoms with van der Waals surface area (Å²) in [7, 11) is -0.274. The monoisotopic (exact) mass is 189 g/mol. The highest BCUT2D eigenvalue weighted by Crippen LogP contribution is 2.05. The van der Waals surface area contributed by atoms with Gasteiger partial charge in [0.25, 0.3) is 10.0 Å². The van der Waals surface area contributed by atoms with Crippen molar-refractivity contribution < 1.29 is 8.42 Å². The molecule has 1 rings (SSSR count). The molecule has 0 aromatic carbocycles. The van der Waals surface area contributed by atoms with Gasteiger partial charge in [0.05, 0.1) is 0 Å². The molecule has 0 amide bonds. The minimum atomic E-state index is -3.38. The zero-order valence-corrected chi connectivity index (χ0v) is 8.01. The van der Waals surface area contributed by atoms with E-state index < -0.39 is 10.0 Å². The highest BCUT2D eigenvalue weighted by atomic mass is 32.2. The number of aromatic nitrogens is 2. The molecule has 68 valence electrons. The van der Waals surface area contributed by atoms with Crippen molar-refractivity contribution in [2.24, 2.45) is 7.05 Å². The number of hydrogen-bond donors (Lipinski definition) is 1. The van der Waals surface area contributed by atoms with Crippen LogP contribution in [0, 0.1) is 6.92 Å². The number of sulfonamides is 1. The van der Waals surface area contributed by atoms with Gasteiger partial charge in [-0.2, -0.15) is 0 Å². The summed E-state index contributed by atoms with van der Waals surface area (Å²) >= 11 is 0. The first-order valence-corrected chi connectivity index (χ1v) is 4.89. The smallest absolute Gasteiger partial charge is 0.259 e. The van der Waals surface area contributed by atoms with Crippen molar-refractivity contribution in [2.45, 2.75) is 11.9 Å². The summed E-state index contributed by atoms with van der Waals surface area (Å²) in [4.78, 5) is 3.87. The van der Waals surface area contributed by atoms with E-state index >= 15 is 0 Å². The summed E-state index contributed by atoms with van der Waals surface area (Å²) in [5, 5.41) is 0.0602. The fourth-order valence-corrected chi connectivity index (χ4v) is 1.52. The molecule has 1 aromatic heterocycles. The van der Waals surface area contributed by atoms with Crippen LogP contribution >= 0.6 is 0 Å². The van der Waals surface area contributed by atoms with Gasteiger partial charge in [-0.05, 0) is 14.0 Å². The van der Waals surface area contributed by atoms with Gasteiger partial charge in [-0.15, -0.1) is 0 Å². The van der Waals surface area contributed by atoms with Crippen LogP contribution in [0.4, 0.5) is 0 Å². The van der Waals surface area contributed by atoms with Crippen molar-refractivity contribution in [1.82, 2.24) is 14.3 Å². The summed E-state index contributed by atoms with van der Waals surface area (Å²) in [6.45, 7) is 1.74. The van der Waals surface area contributed by atoms with Crippen LogP contribution in [0.2, 0.25) is 0 Å². The number of nitrogens with one attached hydrogen (secondary N) is 1. The first kappa shape index (κ1) is 9.21. The molecular weight excluding hydrogens is 178 g/mol. The van der Waals surface area contributed by atoms with Crippen molar-refractivity contribution in [3.05, 3.63) is 12.0 Å². The third-order valence-corrected chi connectivity index (χ3v) is 2.92. The Kier molecular flexibility index (Phi) is 2.20. The van der Waals surface area contributed by atoms with E-state index in [9.17, 15) is 8.42 Å². The lowest BCUT2D eigenvalue weighted by Gasteiger charge is -1.94. The molecule has 0 radical (unpaired) electrons. The van der Waals surface area contributed by atoms with E-state index in [2.05, 4.69) is 9.71 Å². The Morgan fingerprint density at radius 3 is 2.50 bits per heavy atom. The van der Waals surface area contributed by atoms with E-state index in [1.54, 1.807) is 18.5 Å². The number of rotatable bonds is 2. The second-order valence-corrected chi connectivity index (χ2v) is 4.28. The predicted octanol–water partition coefficient (Wildman–Crippen LogP) is -0.363. The predicted molar refractivity (Wildman–Crippen MR) is 44.2 cm³/mol. The highest BCUT2D eigenvalue weighted by Gasteiger charge is 2.15.